The van der Waals surface area contributed by atoms with Crippen LogP contribution in [0.15, 0.2) is 72.4 Å². The number of carbonyl (C=O) groups is 4. The second-order valence-electron chi connectivity index (χ2n) is 28.8. The van der Waals surface area contributed by atoms with Gasteiger partial charge in [0.05, 0.1) is 70.1 Å². The normalized spacial score (nSPS) is 24.1. The quantitative estimate of drug-likeness (QED) is 0.0373. The number of likely N-dealkylation sites (tertiary alicyclic amines) is 1. The molecule has 6 aliphatic rings. The van der Waals surface area contributed by atoms with Gasteiger partial charge in [0, 0.05) is 73.5 Å². The fourth-order valence-corrected chi connectivity index (χ4v) is 18.2. The van der Waals surface area contributed by atoms with Gasteiger partial charge in [0.2, 0.25) is 17.7 Å². The fraction of sp³-hybridized carbons (Fsp3) is 0.536. The summed E-state index contributed by atoms with van der Waals surface area (Å²) >= 11 is 3.14. The number of carbonyl (C=O) groups excluding carboxylic acids is 3. The molecule has 4 aliphatic carbocycles. The van der Waals surface area contributed by atoms with Gasteiger partial charge in [-0.2, -0.15) is 5.10 Å². The number of anilines is 4. The molecule has 5 N–H and O–H groups in total. The first kappa shape index (κ1) is 64.8. The van der Waals surface area contributed by atoms with E-state index in [1.807, 2.05) is 127 Å². The lowest BCUT2D eigenvalue weighted by atomic mass is 9.39. The maximum Gasteiger partial charge on any atom is 0.355 e. The molecule has 13 rings (SSSR count). The van der Waals surface area contributed by atoms with Gasteiger partial charge in [0.15, 0.2) is 22.5 Å². The van der Waals surface area contributed by atoms with Crippen LogP contribution in [0.25, 0.3) is 31.8 Å². The zero-order valence-corrected chi connectivity index (χ0v) is 56.2. The summed E-state index contributed by atoms with van der Waals surface area (Å²) in [5, 5.41) is 46.0. The van der Waals surface area contributed by atoms with Crippen LogP contribution >= 0.6 is 22.7 Å². The maximum atomic E-state index is 14.3. The number of nitrogens with zero attached hydrogens (tertiary/aromatic N) is 10. The SMILES string of the molecule is Cc1ncsc1-c1ccc([C@H](C)NC(=O)[C@@H]2C[C@@H](O)CN2C(=O)[C@@H](NC(=O)CCOCCN(C)CCOC23CC4(C)CC(C)(CC(Cn5ncc(-c6ccc(N7CCCc8c7nnc(Nc7nc9ccccc9s7)c8C)nc6C(=O)O)c5C)(C4)C2)C3)C(C)(C)C)cc1. The average molecular weight is 1290 g/mol. The van der Waals surface area contributed by atoms with Crippen molar-refractivity contribution in [2.24, 2.45) is 21.7 Å². The number of benzene rings is 2. The highest BCUT2D eigenvalue weighted by molar-refractivity contribution is 7.22. The van der Waals surface area contributed by atoms with E-state index >= 15 is 0 Å². The Bertz CT molecular complexity index is 3860. The Morgan fingerprint density at radius 1 is 0.880 bits per heavy atom. The number of aromatic carboxylic acids is 1. The van der Waals surface area contributed by atoms with E-state index in [1.165, 1.54) is 4.90 Å². The number of hydrogen-bond acceptors (Lipinski definition) is 18. The number of carboxylic acid groups (broad SMARTS) is 1. The number of para-hydroxylation sites is 1. The number of aryl methyl sites for hydroxylation is 1. The number of β-amino-alcohol motifs (C(OH)–C–C–N with tert-alkyl or cyclic N) is 1. The standard InChI is InChI=1S/C69H87N13O8S2/c1-41-48-14-13-24-80(60(48)78-77-59(41)76-64-73-51-15-11-12-16-53(51)92-64)54-22-21-49(56(74-54)63(87)88)50-31-71-82(44(50)4)39-68-34-66(8)33-67(9,35-68)37-69(36-66,38-68)90-29-26-79(10)25-28-89-27-23-55(84)75-58(65(5,6)7)62(86)81-32-47(83)30-52(81)61(85)72-42(2)45-17-19-46(20-18-45)57-43(3)70-40-91-57/h11-12,15-22,31,40,42,47,52,58,83H,13-14,23-30,32-39H2,1-10H3,(H,72,85)(H,75,84)(H,87,88)(H,73,76,77)/t42-,47+,52-,58+,66?,67?,68?,69?/m0/s1. The van der Waals surface area contributed by atoms with Crippen LogP contribution in [0.5, 0.6) is 0 Å². The van der Waals surface area contributed by atoms with Crippen molar-refractivity contribution in [3.63, 3.8) is 0 Å². The van der Waals surface area contributed by atoms with E-state index in [4.69, 9.17) is 29.6 Å². The first-order chi connectivity index (χ1) is 43.8. The highest BCUT2D eigenvalue weighted by Crippen LogP contribution is 2.72. The Kier molecular flexibility index (Phi) is 18.0. The number of ether oxygens (including phenoxy) is 2. The molecule has 6 atom stereocenters. The van der Waals surface area contributed by atoms with Crippen LogP contribution in [-0.4, -0.2) is 155 Å². The monoisotopic (exact) mass is 1290 g/mol. The third-order valence-corrected chi connectivity index (χ3v) is 21.8. The van der Waals surface area contributed by atoms with Gasteiger partial charge in [-0.05, 0) is 143 Å². The van der Waals surface area contributed by atoms with Crippen molar-refractivity contribution < 1.29 is 38.9 Å². The van der Waals surface area contributed by atoms with E-state index < -0.39 is 35.5 Å². The van der Waals surface area contributed by atoms with Crippen molar-refractivity contribution in [3.8, 4) is 21.6 Å². The third-order valence-electron chi connectivity index (χ3n) is 19.8. The maximum absolute atomic E-state index is 14.3. The summed E-state index contributed by atoms with van der Waals surface area (Å²) in [6.45, 7) is 22.2. The Morgan fingerprint density at radius 2 is 1.63 bits per heavy atom. The van der Waals surface area contributed by atoms with Crippen LogP contribution in [0.2, 0.25) is 0 Å². The molecule has 0 radical (unpaired) electrons. The number of likely N-dealkylation sites (N-methyl/N-ethyl adjacent to an activating group) is 1. The van der Waals surface area contributed by atoms with Crippen molar-refractivity contribution in [1.29, 1.82) is 0 Å². The number of thiazole rings is 2. The predicted molar refractivity (Wildman–Crippen MR) is 356 cm³/mol. The first-order valence-electron chi connectivity index (χ1n) is 32.3. The lowest BCUT2D eigenvalue weighted by molar-refractivity contribution is -0.248. The highest BCUT2D eigenvalue weighted by atomic mass is 32.1. The zero-order chi connectivity index (χ0) is 65.1. The molecule has 1 saturated heterocycles. The molecule has 7 aromatic rings. The van der Waals surface area contributed by atoms with Gasteiger partial charge in [0.25, 0.3) is 0 Å². The number of aliphatic hydroxyl groups excluding tert-OH is 1. The Labute approximate surface area is 546 Å². The number of fused-ring (bicyclic) bond motifs is 2. The Morgan fingerprint density at radius 3 is 2.35 bits per heavy atom. The number of nitrogens with one attached hydrogen (secondary N) is 3. The van der Waals surface area contributed by atoms with Crippen molar-refractivity contribution >= 4 is 79.2 Å². The molecule has 2 aliphatic heterocycles. The number of carboxylic acids is 1. The third kappa shape index (κ3) is 13.4. The summed E-state index contributed by atoms with van der Waals surface area (Å²) in [4.78, 5) is 75.4. The van der Waals surface area contributed by atoms with Gasteiger partial charge in [-0.1, -0.05) is 82.4 Å². The molecular weight excluding hydrogens is 1200 g/mol. The second kappa shape index (κ2) is 25.6. The van der Waals surface area contributed by atoms with Crippen molar-refractivity contribution in [2.75, 3.05) is 63.3 Å². The second-order valence-corrected chi connectivity index (χ2v) is 30.7. The zero-order valence-electron chi connectivity index (χ0n) is 54.6. The summed E-state index contributed by atoms with van der Waals surface area (Å²) in [6, 6.07) is 17.5. The smallest absolute Gasteiger partial charge is 0.355 e. The summed E-state index contributed by atoms with van der Waals surface area (Å²) < 4.78 is 16.3. The molecule has 0 spiro atoms. The van der Waals surface area contributed by atoms with Gasteiger partial charge in [0.1, 0.15) is 17.9 Å². The van der Waals surface area contributed by atoms with E-state index in [9.17, 15) is 29.4 Å². The molecule has 488 valence electrons. The molecule has 3 amide bonds. The van der Waals surface area contributed by atoms with E-state index in [0.29, 0.717) is 62.4 Å². The van der Waals surface area contributed by atoms with Gasteiger partial charge in [-0.25, -0.2) is 19.7 Å². The van der Waals surface area contributed by atoms with Gasteiger partial charge in [-0.3, -0.25) is 19.1 Å². The first-order valence-corrected chi connectivity index (χ1v) is 34.0. The van der Waals surface area contributed by atoms with Crippen molar-refractivity contribution in [3.05, 3.63) is 106 Å². The molecular formula is C69H87N13O8S2. The molecule has 4 saturated carbocycles. The molecule has 23 heteroatoms. The van der Waals surface area contributed by atoms with Crippen LogP contribution < -0.4 is 20.9 Å². The van der Waals surface area contributed by atoms with Crippen LogP contribution in [0.4, 0.5) is 22.6 Å². The minimum absolute atomic E-state index is 0.0107. The average Bonchev–Trinajstić information content (AvgIpc) is 1.56. The lowest BCUT2D eigenvalue weighted by Crippen LogP contribution is -2.64. The van der Waals surface area contributed by atoms with Crippen LogP contribution in [0.3, 0.4) is 0 Å². The summed E-state index contributed by atoms with van der Waals surface area (Å²) in [6.07, 6.45) is 8.94. The largest absolute Gasteiger partial charge is 0.476 e. The number of amides is 3. The lowest BCUT2D eigenvalue weighted by Gasteiger charge is -2.69. The van der Waals surface area contributed by atoms with E-state index in [-0.39, 0.29) is 71.4 Å². The van der Waals surface area contributed by atoms with Gasteiger partial charge < -0.3 is 50.3 Å². The molecule has 2 unspecified atom stereocenters. The Balaban J connectivity index is 0.622. The molecule has 92 heavy (non-hydrogen) atoms. The molecule has 21 nitrogen and oxygen atoms in total. The minimum atomic E-state index is -1.11. The molecule has 5 fully saturated rings. The van der Waals surface area contributed by atoms with Crippen LogP contribution in [-0.2, 0) is 36.8 Å². The summed E-state index contributed by atoms with van der Waals surface area (Å²) in [5.74, 6) is -0.398. The van der Waals surface area contributed by atoms with Crippen molar-refractivity contribution in [2.45, 2.75) is 163 Å². The predicted octanol–water partition coefficient (Wildman–Crippen LogP) is 10.8. The van der Waals surface area contributed by atoms with Crippen LogP contribution in [0, 0.1) is 42.4 Å². The number of hydrogen-bond donors (Lipinski definition) is 5. The minimum Gasteiger partial charge on any atom is -0.476 e. The fourth-order valence-electron chi connectivity index (χ4n) is 16.5. The highest BCUT2D eigenvalue weighted by Gasteiger charge is 2.66. The molecule has 4 bridgehead atoms. The number of pyridine rings is 1. The van der Waals surface area contributed by atoms with E-state index in [2.05, 4.69) is 49.5 Å². The number of rotatable bonds is 23. The van der Waals surface area contributed by atoms with Gasteiger partial charge >= 0.3 is 5.97 Å². The molecule has 7 heterocycles. The Hall–Kier alpha value is -7.28. The molecule has 2 aromatic carbocycles. The van der Waals surface area contributed by atoms with E-state index in [1.54, 1.807) is 28.9 Å². The molecule has 5 aromatic heterocycles. The number of aliphatic hydroxyl groups is 1. The van der Waals surface area contributed by atoms with E-state index in [0.717, 1.165) is 111 Å². The van der Waals surface area contributed by atoms with Gasteiger partial charge in [-0.15, -0.1) is 21.5 Å². The van der Waals surface area contributed by atoms with Crippen LogP contribution in [0.1, 0.15) is 144 Å². The number of aromatic nitrogens is 7. The summed E-state index contributed by atoms with van der Waals surface area (Å²) in [5.41, 5.74) is 8.97. The summed E-state index contributed by atoms with van der Waals surface area (Å²) in [7, 11) is 2.05. The van der Waals surface area contributed by atoms with Crippen molar-refractivity contribution in [1.82, 2.24) is 55.4 Å². The topological polar surface area (TPSA) is 255 Å².